The molecule has 0 bridgehead atoms. The van der Waals surface area contributed by atoms with Crippen LogP contribution in [0.3, 0.4) is 0 Å². The molecule has 1 heterocycles. The van der Waals surface area contributed by atoms with E-state index in [1.807, 2.05) is 0 Å². The molecule has 3 aromatic rings. The average Bonchev–Trinajstić information content (AvgIpc) is 3.09. The van der Waals surface area contributed by atoms with Crippen LogP contribution in [-0.2, 0) is 6.54 Å². The fraction of sp³-hybridized carbons (Fsp3) is 0.150. The number of aryl methyl sites for hydroxylation is 2. The summed E-state index contributed by atoms with van der Waals surface area (Å²) in [6.45, 7) is 3.37. The highest BCUT2D eigenvalue weighted by Crippen LogP contribution is 2.20. The number of oxazole rings is 1. The van der Waals surface area contributed by atoms with Gasteiger partial charge in [0.1, 0.15) is 12.1 Å². The first-order valence-corrected chi connectivity index (χ1v) is 8.78. The fourth-order valence-electron chi connectivity index (χ4n) is 2.52. The van der Waals surface area contributed by atoms with Crippen molar-refractivity contribution in [3.8, 4) is 0 Å². The Hall–Kier alpha value is -3.19. The van der Waals surface area contributed by atoms with Crippen molar-refractivity contribution in [3.05, 3.63) is 81.8 Å². The highest BCUT2D eigenvalue weighted by Gasteiger charge is 2.15. The molecule has 8 heteroatoms. The van der Waals surface area contributed by atoms with Gasteiger partial charge in [-0.05, 0) is 36.8 Å². The quantitative estimate of drug-likeness (QED) is 0.668. The van der Waals surface area contributed by atoms with Gasteiger partial charge in [0.15, 0.2) is 11.6 Å². The van der Waals surface area contributed by atoms with Gasteiger partial charge in [0.2, 0.25) is 0 Å². The molecular formula is C20H17ClFN3O3. The summed E-state index contributed by atoms with van der Waals surface area (Å²) < 4.78 is 18.9. The van der Waals surface area contributed by atoms with Gasteiger partial charge in [-0.2, -0.15) is 0 Å². The number of hydrogen-bond donors (Lipinski definition) is 2. The predicted molar refractivity (Wildman–Crippen MR) is 103 cm³/mol. The van der Waals surface area contributed by atoms with Crippen molar-refractivity contribution in [2.75, 3.05) is 5.32 Å². The third-order valence-electron chi connectivity index (χ3n) is 4.09. The lowest BCUT2D eigenvalue weighted by Crippen LogP contribution is -2.24. The van der Waals surface area contributed by atoms with Crippen molar-refractivity contribution >= 4 is 29.1 Å². The van der Waals surface area contributed by atoms with Crippen molar-refractivity contribution < 1.29 is 18.4 Å². The number of carbonyl (C=O) groups excluding carboxylic acids is 2. The second kappa shape index (κ2) is 8.22. The highest BCUT2D eigenvalue weighted by molar-refractivity contribution is 6.31. The number of hydrogen-bond acceptors (Lipinski definition) is 4. The van der Waals surface area contributed by atoms with Crippen LogP contribution in [0.5, 0.6) is 0 Å². The number of halogens is 2. The van der Waals surface area contributed by atoms with Gasteiger partial charge in [-0.15, -0.1) is 0 Å². The first-order chi connectivity index (χ1) is 13.3. The summed E-state index contributed by atoms with van der Waals surface area (Å²) in [5, 5.41) is 5.57. The van der Waals surface area contributed by atoms with Crippen LogP contribution in [-0.4, -0.2) is 16.8 Å². The van der Waals surface area contributed by atoms with E-state index in [1.54, 1.807) is 38.1 Å². The molecule has 0 aliphatic rings. The van der Waals surface area contributed by atoms with Crippen LogP contribution in [0.25, 0.3) is 0 Å². The molecule has 0 aliphatic carbocycles. The number of benzene rings is 2. The summed E-state index contributed by atoms with van der Waals surface area (Å²) in [6.07, 6.45) is 1.26. The molecule has 6 nitrogen and oxygen atoms in total. The second-order valence-electron chi connectivity index (χ2n) is 6.12. The third kappa shape index (κ3) is 4.37. The van der Waals surface area contributed by atoms with E-state index in [0.29, 0.717) is 17.1 Å². The van der Waals surface area contributed by atoms with Crippen molar-refractivity contribution in [1.82, 2.24) is 10.3 Å². The molecule has 0 atom stereocenters. The molecule has 0 saturated heterocycles. The Balaban J connectivity index is 1.73. The summed E-state index contributed by atoms with van der Waals surface area (Å²) in [4.78, 5) is 28.7. The smallest absolute Gasteiger partial charge is 0.277 e. The maximum Gasteiger partial charge on any atom is 0.277 e. The van der Waals surface area contributed by atoms with Crippen LogP contribution in [0.1, 0.15) is 37.9 Å². The SMILES string of the molecule is Cc1nc(C(=O)Nc2cc(C(=O)NCc3c(F)cccc3Cl)ccc2C)co1. The Morgan fingerprint density at radius 1 is 1.18 bits per heavy atom. The Labute approximate surface area is 165 Å². The Morgan fingerprint density at radius 3 is 2.64 bits per heavy atom. The Kier molecular flexibility index (Phi) is 5.75. The van der Waals surface area contributed by atoms with Crippen LogP contribution in [0, 0.1) is 19.7 Å². The maximum absolute atomic E-state index is 13.8. The molecular weight excluding hydrogens is 385 g/mol. The molecule has 28 heavy (non-hydrogen) atoms. The molecule has 0 saturated carbocycles. The van der Waals surface area contributed by atoms with E-state index in [4.69, 9.17) is 16.0 Å². The number of aromatic nitrogens is 1. The fourth-order valence-corrected chi connectivity index (χ4v) is 2.75. The van der Waals surface area contributed by atoms with E-state index in [0.717, 1.165) is 5.56 Å². The standard InChI is InChI=1S/C20H17ClFN3O3/c1-11-6-7-13(8-17(11)25-20(27)18-10-28-12(2)24-18)19(26)23-9-14-15(21)4-3-5-16(14)22/h3-8,10H,9H2,1-2H3,(H,23,26)(H,25,27). The summed E-state index contributed by atoms with van der Waals surface area (Å²) >= 11 is 5.97. The lowest BCUT2D eigenvalue weighted by molar-refractivity contribution is 0.0949. The van der Waals surface area contributed by atoms with Gasteiger partial charge in [-0.3, -0.25) is 9.59 Å². The van der Waals surface area contributed by atoms with Crippen molar-refractivity contribution in [3.63, 3.8) is 0 Å². The number of nitrogens with zero attached hydrogens (tertiary/aromatic N) is 1. The van der Waals surface area contributed by atoms with E-state index in [-0.39, 0.29) is 22.8 Å². The number of nitrogens with one attached hydrogen (secondary N) is 2. The van der Waals surface area contributed by atoms with E-state index >= 15 is 0 Å². The molecule has 0 radical (unpaired) electrons. The van der Waals surface area contributed by atoms with Crippen LogP contribution in [0.15, 0.2) is 47.1 Å². The van der Waals surface area contributed by atoms with Crippen LogP contribution in [0.4, 0.5) is 10.1 Å². The average molecular weight is 402 g/mol. The van der Waals surface area contributed by atoms with Gasteiger partial charge in [0, 0.05) is 35.3 Å². The summed E-state index contributed by atoms with van der Waals surface area (Å²) in [6, 6.07) is 9.18. The van der Waals surface area contributed by atoms with Gasteiger partial charge in [0.25, 0.3) is 11.8 Å². The summed E-state index contributed by atoms with van der Waals surface area (Å²) in [5.74, 6) is -0.989. The molecule has 3 rings (SSSR count). The Morgan fingerprint density at radius 2 is 1.96 bits per heavy atom. The monoisotopic (exact) mass is 401 g/mol. The van der Waals surface area contributed by atoms with Crippen molar-refractivity contribution in [2.45, 2.75) is 20.4 Å². The van der Waals surface area contributed by atoms with Crippen LogP contribution >= 0.6 is 11.6 Å². The normalized spacial score (nSPS) is 10.6. The highest BCUT2D eigenvalue weighted by atomic mass is 35.5. The largest absolute Gasteiger partial charge is 0.448 e. The van der Waals surface area contributed by atoms with E-state index in [9.17, 15) is 14.0 Å². The van der Waals surface area contributed by atoms with Crippen LogP contribution < -0.4 is 10.6 Å². The Bertz CT molecular complexity index is 1030. The summed E-state index contributed by atoms with van der Waals surface area (Å²) in [7, 11) is 0. The van der Waals surface area contributed by atoms with Gasteiger partial charge in [-0.25, -0.2) is 9.37 Å². The minimum Gasteiger partial charge on any atom is -0.448 e. The molecule has 2 aromatic carbocycles. The van der Waals surface area contributed by atoms with E-state index in [2.05, 4.69) is 15.6 Å². The minimum atomic E-state index is -0.493. The molecule has 0 spiro atoms. The first-order valence-electron chi connectivity index (χ1n) is 8.40. The molecule has 0 aliphatic heterocycles. The first kappa shape index (κ1) is 19.6. The molecule has 2 N–H and O–H groups in total. The zero-order valence-corrected chi connectivity index (χ0v) is 15.9. The van der Waals surface area contributed by atoms with Crippen molar-refractivity contribution in [2.24, 2.45) is 0 Å². The minimum absolute atomic E-state index is 0.0574. The van der Waals surface area contributed by atoms with Gasteiger partial charge in [0.05, 0.1) is 0 Å². The van der Waals surface area contributed by atoms with Gasteiger partial charge in [-0.1, -0.05) is 23.7 Å². The topological polar surface area (TPSA) is 84.2 Å². The summed E-state index contributed by atoms with van der Waals surface area (Å²) in [5.41, 5.74) is 1.88. The molecule has 2 amide bonds. The maximum atomic E-state index is 13.8. The van der Waals surface area contributed by atoms with E-state index < -0.39 is 17.6 Å². The molecule has 144 valence electrons. The van der Waals surface area contributed by atoms with Gasteiger partial charge < -0.3 is 15.1 Å². The van der Waals surface area contributed by atoms with Crippen LogP contribution in [0.2, 0.25) is 5.02 Å². The predicted octanol–water partition coefficient (Wildman–Crippen LogP) is 4.27. The molecule has 0 unspecified atom stereocenters. The van der Waals surface area contributed by atoms with Crippen molar-refractivity contribution in [1.29, 1.82) is 0 Å². The molecule has 1 aromatic heterocycles. The van der Waals surface area contributed by atoms with E-state index in [1.165, 1.54) is 18.4 Å². The molecule has 0 fully saturated rings. The zero-order valence-electron chi connectivity index (χ0n) is 15.2. The zero-order chi connectivity index (χ0) is 20.3. The number of amides is 2. The second-order valence-corrected chi connectivity index (χ2v) is 6.53. The lowest BCUT2D eigenvalue weighted by Gasteiger charge is -2.11. The van der Waals surface area contributed by atoms with Gasteiger partial charge >= 0.3 is 0 Å². The number of carbonyl (C=O) groups is 2. The number of anilines is 1. The third-order valence-corrected chi connectivity index (χ3v) is 4.44. The lowest BCUT2D eigenvalue weighted by atomic mass is 10.1. The number of rotatable bonds is 5.